The van der Waals surface area contributed by atoms with Gasteiger partial charge in [0.1, 0.15) is 0 Å². The number of nitriles is 1. The summed E-state index contributed by atoms with van der Waals surface area (Å²) in [6, 6.07) is 7.56. The average Bonchev–Trinajstić information content (AvgIpc) is 2.52. The minimum absolute atomic E-state index is 0.128. The molecule has 2 rings (SSSR count). The first-order chi connectivity index (χ1) is 8.61. The lowest BCUT2D eigenvalue weighted by Gasteiger charge is -2.23. The Morgan fingerprint density at radius 3 is 2.83 bits per heavy atom. The maximum atomic E-state index is 11.8. The normalized spacial score (nSPS) is 16.4. The van der Waals surface area contributed by atoms with Crippen LogP contribution in [0.4, 0.5) is 5.69 Å². The topological polar surface area (TPSA) is 47.3 Å². The summed E-state index contributed by atoms with van der Waals surface area (Å²) in [4.78, 5) is 15.7. The van der Waals surface area contributed by atoms with E-state index in [2.05, 4.69) is 26.9 Å². The van der Waals surface area contributed by atoms with E-state index >= 15 is 0 Å². The molecule has 1 aliphatic rings. The molecule has 0 unspecified atom stereocenters. The molecule has 1 saturated heterocycles. The highest BCUT2D eigenvalue weighted by Gasteiger charge is 2.20. The molecule has 1 aromatic rings. The fourth-order valence-corrected chi connectivity index (χ4v) is 2.65. The molecule has 1 amide bonds. The Balaban J connectivity index is 2.26. The zero-order valence-corrected chi connectivity index (χ0v) is 11.8. The van der Waals surface area contributed by atoms with Crippen LogP contribution in [0.25, 0.3) is 0 Å². The largest absolute Gasteiger partial charge is 0.361 e. The number of nitrogens with zero attached hydrogens (tertiary/aromatic N) is 3. The number of benzene rings is 1. The molecule has 1 aromatic carbocycles. The molecule has 0 radical (unpaired) electrons. The molecular formula is C13H14BrN3O. The van der Waals surface area contributed by atoms with Crippen LogP contribution in [-0.4, -0.2) is 37.5 Å². The summed E-state index contributed by atoms with van der Waals surface area (Å²) in [7, 11) is 1.83. The van der Waals surface area contributed by atoms with Crippen molar-refractivity contribution < 1.29 is 4.79 Å². The predicted molar refractivity (Wildman–Crippen MR) is 73.3 cm³/mol. The van der Waals surface area contributed by atoms with E-state index in [1.54, 1.807) is 17.0 Å². The molecular weight excluding hydrogens is 294 g/mol. The molecule has 0 atom stereocenters. The van der Waals surface area contributed by atoms with Crippen LogP contribution in [0.5, 0.6) is 0 Å². The second kappa shape index (κ2) is 5.40. The molecule has 5 heteroatoms. The number of hydrogen-bond acceptors (Lipinski definition) is 3. The van der Waals surface area contributed by atoms with Gasteiger partial charge >= 0.3 is 0 Å². The zero-order chi connectivity index (χ0) is 13.1. The second-order valence-electron chi connectivity index (χ2n) is 4.37. The van der Waals surface area contributed by atoms with E-state index in [1.807, 2.05) is 13.1 Å². The summed E-state index contributed by atoms with van der Waals surface area (Å²) in [5.41, 5.74) is 1.58. The van der Waals surface area contributed by atoms with Crippen LogP contribution in [0.3, 0.4) is 0 Å². The van der Waals surface area contributed by atoms with Crippen molar-refractivity contribution in [2.75, 3.05) is 31.6 Å². The Kier molecular flexibility index (Phi) is 3.87. The smallest absolute Gasteiger partial charge is 0.241 e. The Morgan fingerprint density at radius 2 is 2.17 bits per heavy atom. The van der Waals surface area contributed by atoms with Gasteiger partial charge in [-0.25, -0.2) is 0 Å². The van der Waals surface area contributed by atoms with Crippen molar-refractivity contribution in [2.45, 2.75) is 6.42 Å². The highest BCUT2D eigenvalue weighted by Crippen LogP contribution is 2.28. The van der Waals surface area contributed by atoms with Crippen LogP contribution in [0, 0.1) is 11.3 Å². The van der Waals surface area contributed by atoms with Crippen LogP contribution in [0.1, 0.15) is 12.0 Å². The monoisotopic (exact) mass is 307 g/mol. The highest BCUT2D eigenvalue weighted by atomic mass is 79.9. The average molecular weight is 308 g/mol. The van der Waals surface area contributed by atoms with Gasteiger partial charge in [0.15, 0.2) is 0 Å². The van der Waals surface area contributed by atoms with Gasteiger partial charge in [-0.1, -0.05) is 0 Å². The van der Waals surface area contributed by atoms with Gasteiger partial charge in [0.2, 0.25) is 5.91 Å². The van der Waals surface area contributed by atoms with Gasteiger partial charge in [0.25, 0.3) is 0 Å². The molecule has 0 aromatic heterocycles. The quantitative estimate of drug-likeness (QED) is 0.797. The number of carbonyl (C=O) groups is 1. The van der Waals surface area contributed by atoms with Gasteiger partial charge < -0.3 is 9.80 Å². The van der Waals surface area contributed by atoms with Crippen molar-refractivity contribution in [3.63, 3.8) is 0 Å². The predicted octanol–water partition coefficient (Wildman–Crippen LogP) is 1.99. The first kappa shape index (κ1) is 12.9. The molecule has 1 aliphatic heterocycles. The summed E-state index contributed by atoms with van der Waals surface area (Å²) >= 11 is 3.47. The Bertz CT molecular complexity index is 509. The third kappa shape index (κ3) is 2.65. The van der Waals surface area contributed by atoms with Crippen LogP contribution in [-0.2, 0) is 4.79 Å². The Morgan fingerprint density at radius 1 is 1.39 bits per heavy atom. The van der Waals surface area contributed by atoms with E-state index in [4.69, 9.17) is 5.26 Å². The molecule has 0 spiro atoms. The van der Waals surface area contributed by atoms with E-state index in [9.17, 15) is 4.79 Å². The zero-order valence-electron chi connectivity index (χ0n) is 10.2. The molecule has 0 N–H and O–H groups in total. The summed E-state index contributed by atoms with van der Waals surface area (Å²) in [6.07, 6.45) is 0.953. The van der Waals surface area contributed by atoms with Gasteiger partial charge in [0, 0.05) is 24.6 Å². The fourth-order valence-electron chi connectivity index (χ4n) is 2.03. The van der Waals surface area contributed by atoms with Crippen molar-refractivity contribution in [3.05, 3.63) is 28.2 Å². The van der Waals surface area contributed by atoms with Gasteiger partial charge in [0.05, 0.1) is 23.9 Å². The van der Waals surface area contributed by atoms with Crippen LogP contribution in [0.15, 0.2) is 22.7 Å². The molecule has 0 bridgehead atoms. The Hall–Kier alpha value is -1.54. The maximum absolute atomic E-state index is 11.8. The van der Waals surface area contributed by atoms with E-state index in [1.165, 1.54) is 0 Å². The van der Waals surface area contributed by atoms with Crippen molar-refractivity contribution >= 4 is 27.5 Å². The van der Waals surface area contributed by atoms with Crippen molar-refractivity contribution in [2.24, 2.45) is 0 Å². The van der Waals surface area contributed by atoms with Crippen molar-refractivity contribution in [3.8, 4) is 6.07 Å². The standard InChI is InChI=1S/C13H14BrN3O/c1-16-5-2-6-17(9-13(16)18)12-4-3-10(8-15)7-11(12)14/h3-4,7H,2,5-6,9H2,1H3. The summed E-state index contributed by atoms with van der Waals surface area (Å²) in [5.74, 6) is 0.128. The summed E-state index contributed by atoms with van der Waals surface area (Å²) < 4.78 is 0.860. The number of anilines is 1. The highest BCUT2D eigenvalue weighted by molar-refractivity contribution is 9.10. The molecule has 1 heterocycles. The van der Waals surface area contributed by atoms with Crippen LogP contribution in [0.2, 0.25) is 0 Å². The maximum Gasteiger partial charge on any atom is 0.241 e. The van der Waals surface area contributed by atoms with Crippen LogP contribution < -0.4 is 4.90 Å². The van der Waals surface area contributed by atoms with E-state index in [0.717, 1.165) is 29.7 Å². The fraction of sp³-hybridized carbons (Fsp3) is 0.385. The van der Waals surface area contributed by atoms with Gasteiger partial charge in [-0.3, -0.25) is 4.79 Å². The lowest BCUT2D eigenvalue weighted by atomic mass is 10.2. The summed E-state index contributed by atoms with van der Waals surface area (Å²) in [6.45, 7) is 2.03. The molecule has 4 nitrogen and oxygen atoms in total. The molecule has 1 fully saturated rings. The number of rotatable bonds is 1. The molecule has 0 saturated carbocycles. The van der Waals surface area contributed by atoms with Crippen molar-refractivity contribution in [1.29, 1.82) is 5.26 Å². The second-order valence-corrected chi connectivity index (χ2v) is 5.22. The first-order valence-corrected chi connectivity index (χ1v) is 6.59. The Labute approximate surface area is 115 Å². The van der Waals surface area contributed by atoms with Gasteiger partial charge in [-0.2, -0.15) is 5.26 Å². The third-order valence-electron chi connectivity index (χ3n) is 3.09. The number of hydrogen-bond donors (Lipinski definition) is 0. The number of halogens is 1. The third-order valence-corrected chi connectivity index (χ3v) is 3.73. The van der Waals surface area contributed by atoms with Crippen LogP contribution >= 0.6 is 15.9 Å². The minimum atomic E-state index is 0.128. The van der Waals surface area contributed by atoms with E-state index in [0.29, 0.717) is 12.1 Å². The number of likely N-dealkylation sites (N-methyl/N-ethyl adjacent to an activating group) is 1. The lowest BCUT2D eigenvalue weighted by Crippen LogP contribution is -2.34. The van der Waals surface area contributed by atoms with Crippen molar-refractivity contribution in [1.82, 2.24) is 4.90 Å². The molecule has 0 aliphatic carbocycles. The van der Waals surface area contributed by atoms with E-state index < -0.39 is 0 Å². The minimum Gasteiger partial charge on any atom is -0.361 e. The number of carbonyl (C=O) groups excluding carboxylic acids is 1. The van der Waals surface area contributed by atoms with E-state index in [-0.39, 0.29) is 5.91 Å². The number of amides is 1. The first-order valence-electron chi connectivity index (χ1n) is 5.80. The SMILES string of the molecule is CN1CCCN(c2ccc(C#N)cc2Br)CC1=O. The molecule has 18 heavy (non-hydrogen) atoms. The van der Waals surface area contributed by atoms with Gasteiger partial charge in [-0.15, -0.1) is 0 Å². The van der Waals surface area contributed by atoms with Gasteiger partial charge in [-0.05, 0) is 40.5 Å². The summed E-state index contributed by atoms with van der Waals surface area (Å²) in [5, 5.41) is 8.84. The lowest BCUT2D eigenvalue weighted by molar-refractivity contribution is -0.127. The molecule has 94 valence electrons.